The number of amides is 2. The molecule has 21 heavy (non-hydrogen) atoms. The Bertz CT molecular complexity index is 683. The number of carbonyl (C=O) groups is 2. The Morgan fingerprint density at radius 3 is 2.90 bits per heavy atom. The van der Waals surface area contributed by atoms with Crippen molar-refractivity contribution in [3.8, 4) is 0 Å². The highest BCUT2D eigenvalue weighted by atomic mass is 35.5. The van der Waals surface area contributed by atoms with Gasteiger partial charge in [0.2, 0.25) is 5.91 Å². The molecule has 1 heterocycles. The maximum Gasteiger partial charge on any atom is 0.257 e. The lowest BCUT2D eigenvalue weighted by molar-refractivity contribution is -0.121. The minimum absolute atomic E-state index is 0.0748. The second-order valence-electron chi connectivity index (χ2n) is 4.29. The number of anilines is 2. The van der Waals surface area contributed by atoms with E-state index >= 15 is 0 Å². The van der Waals surface area contributed by atoms with Crippen molar-refractivity contribution in [2.24, 2.45) is 0 Å². The van der Waals surface area contributed by atoms with E-state index in [2.05, 4.69) is 15.7 Å². The van der Waals surface area contributed by atoms with Gasteiger partial charge in [-0.25, -0.2) is 0 Å². The van der Waals surface area contributed by atoms with E-state index in [0.717, 1.165) is 0 Å². The van der Waals surface area contributed by atoms with Crippen molar-refractivity contribution in [2.45, 2.75) is 6.54 Å². The van der Waals surface area contributed by atoms with Gasteiger partial charge in [0.15, 0.2) is 0 Å². The van der Waals surface area contributed by atoms with Gasteiger partial charge in [-0.3, -0.25) is 14.3 Å². The van der Waals surface area contributed by atoms with Gasteiger partial charge in [0.25, 0.3) is 5.91 Å². The highest BCUT2D eigenvalue weighted by Gasteiger charge is 2.12. The SMILES string of the molecule is CNC(=O)Cn1cc(NC(=O)c2cc(N)ccc2Cl)cn1. The van der Waals surface area contributed by atoms with Crippen molar-refractivity contribution < 1.29 is 9.59 Å². The monoisotopic (exact) mass is 307 g/mol. The average Bonchev–Trinajstić information content (AvgIpc) is 2.88. The van der Waals surface area contributed by atoms with Gasteiger partial charge >= 0.3 is 0 Å². The van der Waals surface area contributed by atoms with Crippen molar-refractivity contribution in [3.05, 3.63) is 41.2 Å². The van der Waals surface area contributed by atoms with Crippen molar-refractivity contribution in [2.75, 3.05) is 18.1 Å². The van der Waals surface area contributed by atoms with Crippen LogP contribution in [0, 0.1) is 0 Å². The largest absolute Gasteiger partial charge is 0.399 e. The first kappa shape index (κ1) is 14.9. The van der Waals surface area contributed by atoms with E-state index in [9.17, 15) is 9.59 Å². The van der Waals surface area contributed by atoms with E-state index in [1.54, 1.807) is 18.3 Å². The number of halogens is 1. The van der Waals surface area contributed by atoms with Crippen molar-refractivity contribution in [3.63, 3.8) is 0 Å². The Morgan fingerprint density at radius 2 is 2.19 bits per heavy atom. The standard InChI is InChI=1S/C13H14ClN5O2/c1-16-12(20)7-19-6-9(5-17-19)18-13(21)10-4-8(15)2-3-11(10)14/h2-6H,7,15H2,1H3,(H,16,20)(H,18,21). The summed E-state index contributed by atoms with van der Waals surface area (Å²) in [6, 6.07) is 4.66. The summed E-state index contributed by atoms with van der Waals surface area (Å²) in [5.74, 6) is -0.582. The molecule has 110 valence electrons. The van der Waals surface area contributed by atoms with Gasteiger partial charge in [-0.2, -0.15) is 5.10 Å². The summed E-state index contributed by atoms with van der Waals surface area (Å²) in [5, 5.41) is 9.41. The number of likely N-dealkylation sites (N-methyl/N-ethyl adjacent to an activating group) is 1. The van der Waals surface area contributed by atoms with Crippen molar-refractivity contribution in [1.82, 2.24) is 15.1 Å². The molecule has 0 aliphatic heterocycles. The molecule has 0 fully saturated rings. The van der Waals surface area contributed by atoms with Crippen LogP contribution in [-0.4, -0.2) is 28.6 Å². The second kappa shape index (κ2) is 6.27. The summed E-state index contributed by atoms with van der Waals surface area (Å²) in [5.41, 5.74) is 6.81. The molecule has 0 radical (unpaired) electrons. The highest BCUT2D eigenvalue weighted by molar-refractivity contribution is 6.34. The summed E-state index contributed by atoms with van der Waals surface area (Å²) >= 11 is 5.96. The molecule has 7 nitrogen and oxygen atoms in total. The number of aromatic nitrogens is 2. The second-order valence-corrected chi connectivity index (χ2v) is 4.70. The Labute approximate surface area is 126 Å². The fourth-order valence-corrected chi connectivity index (χ4v) is 1.86. The summed E-state index contributed by atoms with van der Waals surface area (Å²) in [7, 11) is 1.54. The molecule has 2 amide bonds. The summed E-state index contributed by atoms with van der Waals surface area (Å²) in [6.45, 7) is 0.0748. The maximum atomic E-state index is 12.1. The molecule has 0 aliphatic carbocycles. The number of nitrogen functional groups attached to an aromatic ring is 1. The summed E-state index contributed by atoms with van der Waals surface area (Å²) in [4.78, 5) is 23.3. The predicted molar refractivity (Wildman–Crippen MR) is 80.1 cm³/mol. The van der Waals surface area contributed by atoms with Crippen LogP contribution in [0.3, 0.4) is 0 Å². The average molecular weight is 308 g/mol. The molecule has 1 aromatic carbocycles. The quantitative estimate of drug-likeness (QED) is 0.736. The summed E-state index contributed by atoms with van der Waals surface area (Å²) < 4.78 is 1.41. The number of nitrogens with two attached hydrogens (primary N) is 1. The van der Waals surface area contributed by atoms with Crippen LogP contribution in [-0.2, 0) is 11.3 Å². The predicted octanol–water partition coefficient (Wildman–Crippen LogP) is 1.12. The van der Waals surface area contributed by atoms with Crippen LogP contribution in [0.1, 0.15) is 10.4 Å². The van der Waals surface area contributed by atoms with Crippen molar-refractivity contribution >= 4 is 34.8 Å². The van der Waals surface area contributed by atoms with Crippen LogP contribution in [0.5, 0.6) is 0 Å². The Balaban J connectivity index is 2.09. The Kier molecular flexibility index (Phi) is 4.44. The lowest BCUT2D eigenvalue weighted by Gasteiger charge is -2.05. The summed E-state index contributed by atoms with van der Waals surface area (Å²) in [6.07, 6.45) is 2.99. The third kappa shape index (κ3) is 3.73. The molecule has 2 aromatic rings. The zero-order chi connectivity index (χ0) is 15.4. The fraction of sp³-hybridized carbons (Fsp3) is 0.154. The minimum atomic E-state index is -0.396. The molecule has 0 bridgehead atoms. The van der Waals surface area contributed by atoms with Crippen LogP contribution in [0.25, 0.3) is 0 Å². The van der Waals surface area contributed by atoms with Gasteiger partial charge in [0.1, 0.15) is 6.54 Å². The molecule has 0 spiro atoms. The molecule has 0 saturated carbocycles. The molecule has 8 heteroatoms. The number of nitrogens with zero attached hydrogens (tertiary/aromatic N) is 2. The van der Waals surface area contributed by atoms with E-state index in [0.29, 0.717) is 16.4 Å². The van der Waals surface area contributed by atoms with Gasteiger partial charge in [-0.05, 0) is 18.2 Å². The molecule has 0 saturated heterocycles. The number of benzene rings is 1. The zero-order valence-electron chi connectivity index (χ0n) is 11.3. The number of nitrogens with one attached hydrogen (secondary N) is 2. The van der Waals surface area contributed by atoms with Crippen LogP contribution in [0.4, 0.5) is 11.4 Å². The first-order valence-electron chi connectivity index (χ1n) is 6.09. The topological polar surface area (TPSA) is 102 Å². The van der Waals surface area contributed by atoms with E-state index in [4.69, 9.17) is 17.3 Å². The minimum Gasteiger partial charge on any atom is -0.399 e. The molecule has 0 aliphatic rings. The zero-order valence-corrected chi connectivity index (χ0v) is 12.0. The third-order valence-corrected chi connectivity index (χ3v) is 3.04. The molecule has 1 aromatic heterocycles. The Morgan fingerprint density at radius 1 is 1.43 bits per heavy atom. The number of hydrogen-bond donors (Lipinski definition) is 3. The molecular weight excluding hydrogens is 294 g/mol. The molecule has 2 rings (SSSR count). The van der Waals surface area contributed by atoms with Gasteiger partial charge in [0.05, 0.1) is 22.5 Å². The fourth-order valence-electron chi connectivity index (χ4n) is 1.66. The van der Waals surface area contributed by atoms with Gasteiger partial charge in [0, 0.05) is 18.9 Å². The van der Waals surface area contributed by atoms with Gasteiger partial charge in [-0.1, -0.05) is 11.6 Å². The number of rotatable bonds is 4. The van der Waals surface area contributed by atoms with Crippen LogP contribution >= 0.6 is 11.6 Å². The van der Waals surface area contributed by atoms with Gasteiger partial charge in [-0.15, -0.1) is 0 Å². The van der Waals surface area contributed by atoms with E-state index < -0.39 is 5.91 Å². The number of hydrogen-bond acceptors (Lipinski definition) is 4. The molecular formula is C13H14ClN5O2. The number of carbonyl (C=O) groups excluding carboxylic acids is 2. The highest BCUT2D eigenvalue weighted by Crippen LogP contribution is 2.20. The third-order valence-electron chi connectivity index (χ3n) is 2.71. The van der Waals surface area contributed by atoms with E-state index in [-0.39, 0.29) is 18.0 Å². The van der Waals surface area contributed by atoms with E-state index in [1.807, 2.05) is 0 Å². The Hall–Kier alpha value is -2.54. The molecule has 0 atom stereocenters. The van der Waals surface area contributed by atoms with Crippen LogP contribution in [0.2, 0.25) is 5.02 Å². The van der Waals surface area contributed by atoms with Crippen LogP contribution < -0.4 is 16.4 Å². The normalized spacial score (nSPS) is 10.2. The maximum absolute atomic E-state index is 12.1. The van der Waals surface area contributed by atoms with E-state index in [1.165, 1.54) is 24.0 Å². The van der Waals surface area contributed by atoms with Crippen LogP contribution in [0.15, 0.2) is 30.6 Å². The first-order valence-corrected chi connectivity index (χ1v) is 6.47. The lowest BCUT2D eigenvalue weighted by Crippen LogP contribution is -2.23. The van der Waals surface area contributed by atoms with Gasteiger partial charge < -0.3 is 16.4 Å². The van der Waals surface area contributed by atoms with Crippen molar-refractivity contribution in [1.29, 1.82) is 0 Å². The molecule has 4 N–H and O–H groups in total. The lowest BCUT2D eigenvalue weighted by atomic mass is 10.2. The smallest absolute Gasteiger partial charge is 0.257 e. The molecule has 0 unspecified atom stereocenters. The first-order chi connectivity index (χ1) is 9.99.